The van der Waals surface area contributed by atoms with Crippen LogP contribution in [-0.2, 0) is 22.0 Å². The van der Waals surface area contributed by atoms with Gasteiger partial charge in [-0.3, -0.25) is 5.10 Å². The molecule has 1 saturated carbocycles. The Morgan fingerprint density at radius 2 is 1.91 bits per heavy atom. The highest BCUT2D eigenvalue weighted by molar-refractivity contribution is 7.89. The Balaban J connectivity index is 1.30. The van der Waals surface area contributed by atoms with E-state index in [9.17, 15) is 12.8 Å². The molecule has 0 spiro atoms. The average Bonchev–Trinajstić information content (AvgIpc) is 3.49. The van der Waals surface area contributed by atoms with Gasteiger partial charge in [-0.25, -0.2) is 27.5 Å². The van der Waals surface area contributed by atoms with Crippen molar-refractivity contribution in [3.63, 3.8) is 0 Å². The molecule has 174 valence electrons. The number of rotatable bonds is 4. The number of fused-ring (bicyclic) bond motifs is 1. The second-order valence-corrected chi connectivity index (χ2v) is 11.6. The summed E-state index contributed by atoms with van der Waals surface area (Å²) in [6, 6.07) is 6.87. The number of nitrogens with one attached hydrogen (secondary N) is 3. The van der Waals surface area contributed by atoms with E-state index >= 15 is 0 Å². The first-order chi connectivity index (χ1) is 15.6. The summed E-state index contributed by atoms with van der Waals surface area (Å²) in [4.78, 5) is 8.96. The van der Waals surface area contributed by atoms with Crippen LogP contribution in [0, 0.1) is 5.82 Å². The summed E-state index contributed by atoms with van der Waals surface area (Å²) in [6.45, 7) is 6.40. The fourth-order valence-electron chi connectivity index (χ4n) is 4.65. The maximum atomic E-state index is 14.8. The monoisotopic (exact) mass is 470 g/mol. The van der Waals surface area contributed by atoms with E-state index in [4.69, 9.17) is 0 Å². The van der Waals surface area contributed by atoms with Crippen molar-refractivity contribution in [2.75, 3.05) is 5.32 Å². The summed E-state index contributed by atoms with van der Waals surface area (Å²) < 4.78 is 41.0. The fourth-order valence-corrected chi connectivity index (χ4v) is 5.87. The Hall–Kier alpha value is -2.85. The van der Waals surface area contributed by atoms with Gasteiger partial charge < -0.3 is 5.32 Å². The largest absolute Gasteiger partial charge is 0.336 e. The molecule has 10 heteroatoms. The molecule has 8 nitrogen and oxygen atoms in total. The summed E-state index contributed by atoms with van der Waals surface area (Å²) in [5, 5.41) is 10.4. The molecule has 2 unspecified atom stereocenters. The molecule has 2 atom stereocenters. The number of nitrogens with zero attached hydrogens (tertiary/aromatic N) is 3. The fraction of sp³-hybridized carbons (Fsp3) is 0.435. The van der Waals surface area contributed by atoms with Crippen molar-refractivity contribution in [3.8, 4) is 0 Å². The summed E-state index contributed by atoms with van der Waals surface area (Å²) >= 11 is 0. The SMILES string of the molecule is CC(C)(C)c1cc(C2CCC(c3cc(Nc4ccc5c(c4F)CNS5(=O)=O)n[nH]3)C2)ncn1. The van der Waals surface area contributed by atoms with Gasteiger partial charge in [-0.15, -0.1) is 0 Å². The molecule has 33 heavy (non-hydrogen) atoms. The summed E-state index contributed by atoms with van der Waals surface area (Å²) in [5.74, 6) is 0.593. The smallest absolute Gasteiger partial charge is 0.241 e. The number of halogens is 1. The van der Waals surface area contributed by atoms with Crippen LogP contribution in [0.1, 0.15) is 74.5 Å². The molecule has 3 N–H and O–H groups in total. The lowest BCUT2D eigenvalue weighted by atomic mass is 9.90. The highest BCUT2D eigenvalue weighted by Gasteiger charge is 2.31. The predicted octanol–water partition coefficient (Wildman–Crippen LogP) is 4.22. The third-order valence-corrected chi connectivity index (χ3v) is 8.02. The topological polar surface area (TPSA) is 113 Å². The first-order valence-electron chi connectivity index (χ1n) is 11.1. The molecule has 0 radical (unpaired) electrons. The molecular formula is C23H27FN6O2S. The van der Waals surface area contributed by atoms with E-state index in [1.807, 2.05) is 6.07 Å². The number of hydrogen-bond donors (Lipinski definition) is 3. The highest BCUT2D eigenvalue weighted by atomic mass is 32.2. The van der Waals surface area contributed by atoms with Crippen LogP contribution < -0.4 is 10.0 Å². The molecule has 1 fully saturated rings. The zero-order chi connectivity index (χ0) is 23.4. The first kappa shape index (κ1) is 22.0. The van der Waals surface area contributed by atoms with E-state index in [1.54, 1.807) is 6.33 Å². The molecule has 2 aliphatic rings. The van der Waals surface area contributed by atoms with Crippen LogP contribution in [0.3, 0.4) is 0 Å². The molecule has 3 aromatic rings. The molecule has 0 bridgehead atoms. The van der Waals surface area contributed by atoms with E-state index in [2.05, 4.69) is 57.0 Å². The Morgan fingerprint density at radius 1 is 1.12 bits per heavy atom. The van der Waals surface area contributed by atoms with E-state index in [0.29, 0.717) is 17.7 Å². The van der Waals surface area contributed by atoms with Crippen molar-refractivity contribution in [1.29, 1.82) is 0 Å². The first-order valence-corrected chi connectivity index (χ1v) is 12.6. The van der Waals surface area contributed by atoms with Crippen LogP contribution in [0.2, 0.25) is 0 Å². The second-order valence-electron chi connectivity index (χ2n) is 9.85. The van der Waals surface area contributed by atoms with Crippen LogP contribution in [0.25, 0.3) is 0 Å². The average molecular weight is 471 g/mol. The maximum absolute atomic E-state index is 14.8. The third kappa shape index (κ3) is 4.13. The molecule has 5 rings (SSSR count). The van der Waals surface area contributed by atoms with Crippen molar-refractivity contribution in [3.05, 3.63) is 59.1 Å². The van der Waals surface area contributed by atoms with Crippen LogP contribution >= 0.6 is 0 Å². The third-order valence-electron chi connectivity index (χ3n) is 6.54. The van der Waals surface area contributed by atoms with Crippen molar-refractivity contribution >= 4 is 21.5 Å². The quantitative estimate of drug-likeness (QED) is 0.526. The number of aromatic nitrogens is 4. The van der Waals surface area contributed by atoms with Gasteiger partial charge >= 0.3 is 0 Å². The van der Waals surface area contributed by atoms with E-state index in [1.165, 1.54) is 12.1 Å². The van der Waals surface area contributed by atoms with E-state index in [-0.39, 0.29) is 28.1 Å². The normalized spacial score (nSPS) is 21.8. The zero-order valence-electron chi connectivity index (χ0n) is 18.8. The molecule has 1 aliphatic heterocycles. The van der Waals surface area contributed by atoms with Crippen LogP contribution in [-0.4, -0.2) is 28.6 Å². The van der Waals surface area contributed by atoms with Gasteiger partial charge in [0.25, 0.3) is 0 Å². The van der Waals surface area contributed by atoms with Crippen molar-refractivity contribution < 1.29 is 12.8 Å². The summed E-state index contributed by atoms with van der Waals surface area (Å²) in [7, 11) is -3.61. The van der Waals surface area contributed by atoms with Gasteiger partial charge in [0.1, 0.15) is 6.33 Å². The number of H-pyrrole nitrogens is 1. The number of aromatic amines is 1. The summed E-state index contributed by atoms with van der Waals surface area (Å²) in [5.41, 5.74) is 3.45. The van der Waals surface area contributed by atoms with Gasteiger partial charge in [0.15, 0.2) is 11.6 Å². The molecular weight excluding hydrogens is 443 g/mol. The molecule has 3 heterocycles. The highest BCUT2D eigenvalue weighted by Crippen LogP contribution is 2.43. The number of hydrogen-bond acceptors (Lipinski definition) is 6. The minimum absolute atomic E-state index is 0.00963. The minimum atomic E-state index is -3.61. The lowest BCUT2D eigenvalue weighted by Gasteiger charge is -2.19. The standard InChI is InChI=1S/C23H27FN6O2S/c1-23(2,3)20-9-17(25-12-26-20)13-4-5-14(8-13)18-10-21(30-29-18)28-16-6-7-19-15(22(16)24)11-27-33(19,31)32/h6-7,9-10,12-14,27H,4-5,8,11H2,1-3H3,(H2,28,29,30). The Bertz CT molecular complexity index is 1310. The van der Waals surface area contributed by atoms with Gasteiger partial charge in [0, 0.05) is 52.5 Å². The Kier molecular flexibility index (Phi) is 5.24. The Labute approximate surface area is 192 Å². The minimum Gasteiger partial charge on any atom is -0.336 e. The van der Waals surface area contributed by atoms with Gasteiger partial charge in [-0.05, 0) is 37.5 Å². The number of anilines is 2. The van der Waals surface area contributed by atoms with Crippen molar-refractivity contribution in [1.82, 2.24) is 24.9 Å². The van der Waals surface area contributed by atoms with Crippen LogP contribution in [0.4, 0.5) is 15.9 Å². The Morgan fingerprint density at radius 3 is 2.70 bits per heavy atom. The zero-order valence-corrected chi connectivity index (χ0v) is 19.6. The lowest BCUT2D eigenvalue weighted by Crippen LogP contribution is -2.15. The van der Waals surface area contributed by atoms with Crippen LogP contribution in [0.15, 0.2) is 35.5 Å². The number of sulfonamides is 1. The van der Waals surface area contributed by atoms with Gasteiger partial charge in [-0.2, -0.15) is 5.10 Å². The molecule has 0 saturated heterocycles. The lowest BCUT2D eigenvalue weighted by molar-refractivity contribution is 0.560. The van der Waals surface area contributed by atoms with Crippen molar-refractivity contribution in [2.45, 2.75) is 68.7 Å². The number of benzene rings is 1. The van der Waals surface area contributed by atoms with Gasteiger partial charge in [0.05, 0.1) is 10.6 Å². The summed E-state index contributed by atoms with van der Waals surface area (Å²) in [6.07, 6.45) is 4.66. The van der Waals surface area contributed by atoms with Gasteiger partial charge in [0.2, 0.25) is 10.0 Å². The van der Waals surface area contributed by atoms with Gasteiger partial charge in [-0.1, -0.05) is 20.8 Å². The second kappa shape index (κ2) is 7.88. The van der Waals surface area contributed by atoms with Crippen LogP contribution in [0.5, 0.6) is 0 Å². The van der Waals surface area contributed by atoms with E-state index in [0.717, 1.165) is 36.3 Å². The molecule has 2 aromatic heterocycles. The predicted molar refractivity (Wildman–Crippen MR) is 122 cm³/mol. The van der Waals surface area contributed by atoms with E-state index < -0.39 is 15.8 Å². The molecule has 1 aliphatic carbocycles. The molecule has 1 aromatic carbocycles. The molecule has 0 amide bonds. The maximum Gasteiger partial charge on any atom is 0.241 e. The van der Waals surface area contributed by atoms with Crippen molar-refractivity contribution in [2.24, 2.45) is 0 Å².